The quantitative estimate of drug-likeness (QED) is 0.683. The van der Waals surface area contributed by atoms with Gasteiger partial charge in [0.1, 0.15) is 0 Å². The van der Waals surface area contributed by atoms with Gasteiger partial charge in [-0.3, -0.25) is 4.98 Å². The summed E-state index contributed by atoms with van der Waals surface area (Å²) in [5.74, 6) is -0.914. The lowest BCUT2D eigenvalue weighted by Crippen LogP contribution is -1.99. The molecule has 0 radical (unpaired) electrons. The number of pyridine rings is 1. The van der Waals surface area contributed by atoms with Crippen LogP contribution in [0.1, 0.15) is 12.0 Å². The van der Waals surface area contributed by atoms with Crippen molar-refractivity contribution in [1.29, 1.82) is 0 Å². The van der Waals surface area contributed by atoms with Gasteiger partial charge in [-0.25, -0.2) is 13.2 Å². The molecule has 60 valence electrons. The van der Waals surface area contributed by atoms with Crippen molar-refractivity contribution >= 4 is 5.69 Å². The summed E-state index contributed by atoms with van der Waals surface area (Å²) in [7, 11) is 0. The summed E-state index contributed by atoms with van der Waals surface area (Å²) in [6, 6.07) is 0. The van der Waals surface area contributed by atoms with Crippen molar-refractivity contribution in [3.63, 3.8) is 0 Å². The van der Waals surface area contributed by atoms with Crippen molar-refractivity contribution in [2.24, 2.45) is 0 Å². The summed E-state index contributed by atoms with van der Waals surface area (Å²) in [4.78, 5) is 3.23. The number of aromatic nitrogens is 1. The van der Waals surface area contributed by atoms with Gasteiger partial charge in [0.15, 0.2) is 5.82 Å². The molecule has 2 nitrogen and oxygen atoms in total. The molecule has 5 heteroatoms. The molecule has 0 saturated carbocycles. The van der Waals surface area contributed by atoms with Gasteiger partial charge < -0.3 is 5.73 Å². The highest BCUT2D eigenvalue weighted by molar-refractivity contribution is 5.46. The largest absolute Gasteiger partial charge is 0.396 e. The van der Waals surface area contributed by atoms with Crippen LogP contribution in [-0.2, 0) is 0 Å². The molecule has 0 unspecified atom stereocenters. The van der Waals surface area contributed by atoms with Crippen LogP contribution in [-0.4, -0.2) is 4.98 Å². The molecule has 0 fully saturated rings. The Balaban J connectivity index is 3.17. The highest BCUT2D eigenvalue weighted by Gasteiger charge is 2.13. The fourth-order valence-corrected chi connectivity index (χ4v) is 0.634. The van der Waals surface area contributed by atoms with E-state index in [1.807, 2.05) is 0 Å². The minimum atomic E-state index is -2.78. The monoisotopic (exact) mass is 162 g/mol. The molecule has 0 aliphatic heterocycles. The summed E-state index contributed by atoms with van der Waals surface area (Å²) in [5, 5.41) is 0. The molecule has 0 aromatic carbocycles. The van der Waals surface area contributed by atoms with Gasteiger partial charge >= 0.3 is 0 Å². The van der Waals surface area contributed by atoms with E-state index in [1.54, 1.807) is 0 Å². The van der Waals surface area contributed by atoms with Crippen molar-refractivity contribution in [3.05, 3.63) is 23.8 Å². The number of nitrogens with two attached hydrogens (primary N) is 1. The standard InChI is InChI=1S/C6H5F3N2/c7-4-2-11-1-3(5(4)10)6(8)9/h1-2,6H,(H2,10,11). The molecule has 2 N–H and O–H groups in total. The number of nitrogens with zero attached hydrogens (tertiary/aromatic N) is 1. The minimum Gasteiger partial charge on any atom is -0.396 e. The number of anilines is 1. The molecule has 0 bridgehead atoms. The molecule has 1 heterocycles. The lowest BCUT2D eigenvalue weighted by Gasteiger charge is -2.02. The second-order valence-electron chi connectivity index (χ2n) is 1.92. The molecule has 0 atom stereocenters. The molecular weight excluding hydrogens is 157 g/mol. The Morgan fingerprint density at radius 3 is 2.45 bits per heavy atom. The maximum Gasteiger partial charge on any atom is 0.267 e. The topological polar surface area (TPSA) is 38.9 Å². The van der Waals surface area contributed by atoms with Gasteiger partial charge in [0.05, 0.1) is 17.4 Å². The van der Waals surface area contributed by atoms with E-state index in [0.717, 1.165) is 12.4 Å². The van der Waals surface area contributed by atoms with Crippen LogP contribution in [0.15, 0.2) is 12.4 Å². The summed E-state index contributed by atoms with van der Waals surface area (Å²) in [5.41, 5.74) is 3.89. The first-order valence-corrected chi connectivity index (χ1v) is 2.80. The number of halogens is 3. The van der Waals surface area contributed by atoms with Gasteiger partial charge in [0.25, 0.3) is 6.43 Å². The smallest absolute Gasteiger partial charge is 0.267 e. The van der Waals surface area contributed by atoms with Gasteiger partial charge in [-0.1, -0.05) is 0 Å². The van der Waals surface area contributed by atoms with E-state index in [4.69, 9.17) is 5.73 Å². The summed E-state index contributed by atoms with van der Waals surface area (Å²) in [6.45, 7) is 0. The highest BCUT2D eigenvalue weighted by Crippen LogP contribution is 2.25. The third kappa shape index (κ3) is 1.42. The normalized spacial score (nSPS) is 10.5. The van der Waals surface area contributed by atoms with Crippen molar-refractivity contribution in [3.8, 4) is 0 Å². The molecule has 0 aliphatic rings. The van der Waals surface area contributed by atoms with Crippen molar-refractivity contribution < 1.29 is 13.2 Å². The van der Waals surface area contributed by atoms with E-state index >= 15 is 0 Å². The first-order valence-electron chi connectivity index (χ1n) is 2.80. The van der Waals surface area contributed by atoms with Gasteiger partial charge in [-0.05, 0) is 0 Å². The first kappa shape index (κ1) is 7.84. The highest BCUT2D eigenvalue weighted by atomic mass is 19.3. The molecule has 0 saturated heterocycles. The SMILES string of the molecule is Nc1c(F)cncc1C(F)F. The Labute approximate surface area is 60.9 Å². The number of hydrogen-bond donors (Lipinski definition) is 1. The Morgan fingerprint density at radius 1 is 1.36 bits per heavy atom. The van der Waals surface area contributed by atoms with Crippen LogP contribution < -0.4 is 5.73 Å². The molecule has 1 aromatic rings. The Morgan fingerprint density at radius 2 is 2.00 bits per heavy atom. The van der Waals surface area contributed by atoms with Crippen LogP contribution in [0, 0.1) is 5.82 Å². The number of alkyl halides is 2. The van der Waals surface area contributed by atoms with Crippen LogP contribution in [0.2, 0.25) is 0 Å². The number of hydrogen-bond acceptors (Lipinski definition) is 2. The maximum absolute atomic E-state index is 12.4. The average molecular weight is 162 g/mol. The number of nitrogen functional groups attached to an aromatic ring is 1. The third-order valence-electron chi connectivity index (χ3n) is 1.20. The van der Waals surface area contributed by atoms with Gasteiger partial charge in [0.2, 0.25) is 0 Å². The predicted octanol–water partition coefficient (Wildman–Crippen LogP) is 1.74. The molecule has 0 amide bonds. The van der Waals surface area contributed by atoms with Crippen LogP contribution in [0.4, 0.5) is 18.9 Å². The van der Waals surface area contributed by atoms with Gasteiger partial charge in [-0.15, -0.1) is 0 Å². The van der Waals surface area contributed by atoms with Gasteiger partial charge in [0, 0.05) is 6.20 Å². The molecule has 0 spiro atoms. The van der Waals surface area contributed by atoms with Gasteiger partial charge in [-0.2, -0.15) is 0 Å². The lowest BCUT2D eigenvalue weighted by atomic mass is 10.2. The molecule has 1 rings (SSSR count). The van der Waals surface area contributed by atoms with Crippen LogP contribution in [0.5, 0.6) is 0 Å². The zero-order valence-electron chi connectivity index (χ0n) is 5.39. The van der Waals surface area contributed by atoms with Crippen molar-refractivity contribution in [2.75, 3.05) is 5.73 Å². The summed E-state index contributed by atoms with van der Waals surface area (Å²) in [6.07, 6.45) is -1.14. The van der Waals surface area contributed by atoms with E-state index < -0.39 is 23.5 Å². The predicted molar refractivity (Wildman–Crippen MR) is 33.6 cm³/mol. The Bertz CT molecular complexity index is 262. The summed E-state index contributed by atoms with van der Waals surface area (Å²) < 4.78 is 36.3. The number of rotatable bonds is 1. The van der Waals surface area contributed by atoms with E-state index in [1.165, 1.54) is 0 Å². The first-order chi connectivity index (χ1) is 5.13. The van der Waals surface area contributed by atoms with E-state index in [0.29, 0.717) is 0 Å². The Kier molecular flexibility index (Phi) is 1.98. The van der Waals surface area contributed by atoms with E-state index in [9.17, 15) is 13.2 Å². The van der Waals surface area contributed by atoms with E-state index in [-0.39, 0.29) is 0 Å². The lowest BCUT2D eigenvalue weighted by molar-refractivity contribution is 0.151. The second kappa shape index (κ2) is 2.77. The maximum atomic E-state index is 12.4. The zero-order chi connectivity index (χ0) is 8.43. The molecule has 11 heavy (non-hydrogen) atoms. The molecule has 1 aromatic heterocycles. The van der Waals surface area contributed by atoms with Crippen LogP contribution in [0.25, 0.3) is 0 Å². The minimum absolute atomic E-state index is 0.532. The fourth-order valence-electron chi connectivity index (χ4n) is 0.634. The molecule has 0 aliphatic carbocycles. The zero-order valence-corrected chi connectivity index (χ0v) is 5.39. The summed E-state index contributed by atoms with van der Waals surface area (Å²) >= 11 is 0. The van der Waals surface area contributed by atoms with Crippen molar-refractivity contribution in [1.82, 2.24) is 4.98 Å². The Hall–Kier alpha value is -1.26. The average Bonchev–Trinajstić information content (AvgIpc) is 1.94. The molecular formula is C6H5F3N2. The second-order valence-corrected chi connectivity index (χ2v) is 1.92. The van der Waals surface area contributed by atoms with Crippen LogP contribution in [0.3, 0.4) is 0 Å². The van der Waals surface area contributed by atoms with Crippen molar-refractivity contribution in [2.45, 2.75) is 6.43 Å². The van der Waals surface area contributed by atoms with Crippen LogP contribution >= 0.6 is 0 Å². The fraction of sp³-hybridized carbons (Fsp3) is 0.167. The van der Waals surface area contributed by atoms with E-state index in [2.05, 4.69) is 4.98 Å². The third-order valence-corrected chi connectivity index (χ3v) is 1.20.